The Bertz CT molecular complexity index is 736. The Hall–Kier alpha value is -1.83. The molecule has 0 spiro atoms. The third-order valence-electron chi connectivity index (χ3n) is 3.67. The van der Waals surface area contributed by atoms with Gasteiger partial charge in [0.05, 0.1) is 23.3 Å². The summed E-state index contributed by atoms with van der Waals surface area (Å²) in [4.78, 5) is 18.7. The summed E-state index contributed by atoms with van der Waals surface area (Å²) >= 11 is 7.96. The average Bonchev–Trinajstić information content (AvgIpc) is 2.96. The van der Waals surface area contributed by atoms with Crippen LogP contribution in [-0.2, 0) is 17.8 Å². The summed E-state index contributed by atoms with van der Waals surface area (Å²) in [6.45, 7) is 3.40. The molecule has 0 fully saturated rings. The molecule has 25 heavy (non-hydrogen) atoms. The van der Waals surface area contributed by atoms with Crippen LogP contribution in [0.1, 0.15) is 16.1 Å². The highest BCUT2D eigenvalue weighted by Crippen LogP contribution is 2.36. The normalized spacial score (nSPS) is 10.9. The van der Waals surface area contributed by atoms with Crippen molar-refractivity contribution in [3.8, 4) is 11.5 Å². The smallest absolute Gasteiger partial charge is 0.255 e. The van der Waals surface area contributed by atoms with Crippen LogP contribution in [0.25, 0.3) is 0 Å². The molecule has 8 heteroatoms. The van der Waals surface area contributed by atoms with Gasteiger partial charge in [-0.15, -0.1) is 11.3 Å². The van der Waals surface area contributed by atoms with E-state index < -0.39 is 5.91 Å². The molecule has 2 aromatic rings. The Balaban J connectivity index is 2.02. The van der Waals surface area contributed by atoms with Gasteiger partial charge < -0.3 is 20.1 Å². The highest BCUT2D eigenvalue weighted by atomic mass is 35.5. The van der Waals surface area contributed by atoms with Gasteiger partial charge in [0.15, 0.2) is 18.1 Å². The second-order valence-corrected chi connectivity index (χ2v) is 7.06. The van der Waals surface area contributed by atoms with Crippen molar-refractivity contribution in [1.29, 1.82) is 0 Å². The van der Waals surface area contributed by atoms with E-state index >= 15 is 0 Å². The maximum Gasteiger partial charge on any atom is 0.255 e. The van der Waals surface area contributed by atoms with Crippen molar-refractivity contribution >= 4 is 28.8 Å². The van der Waals surface area contributed by atoms with E-state index in [9.17, 15) is 4.79 Å². The average molecular weight is 384 g/mol. The van der Waals surface area contributed by atoms with Crippen molar-refractivity contribution < 1.29 is 14.3 Å². The lowest BCUT2D eigenvalue weighted by Gasteiger charge is -2.18. The van der Waals surface area contributed by atoms with Crippen molar-refractivity contribution in [2.45, 2.75) is 19.9 Å². The second kappa shape index (κ2) is 9.03. The van der Waals surface area contributed by atoms with Gasteiger partial charge in [-0.25, -0.2) is 4.98 Å². The van der Waals surface area contributed by atoms with Crippen molar-refractivity contribution in [3.63, 3.8) is 0 Å². The van der Waals surface area contributed by atoms with E-state index in [1.54, 1.807) is 11.3 Å². The molecule has 0 aliphatic rings. The van der Waals surface area contributed by atoms with E-state index in [0.717, 1.165) is 24.2 Å². The first-order valence-electron chi connectivity index (χ1n) is 7.75. The molecule has 0 unspecified atom stereocenters. The molecule has 6 nitrogen and oxygen atoms in total. The van der Waals surface area contributed by atoms with E-state index in [2.05, 4.69) is 9.88 Å². The minimum absolute atomic E-state index is 0.246. The molecule has 0 bridgehead atoms. The molecule has 0 radical (unpaired) electrons. The molecule has 0 saturated heterocycles. The van der Waals surface area contributed by atoms with Crippen LogP contribution in [0, 0.1) is 6.92 Å². The van der Waals surface area contributed by atoms with Crippen LogP contribution in [0.5, 0.6) is 11.5 Å². The molecule has 136 valence electrons. The number of nitrogens with two attached hydrogens (primary N) is 1. The summed E-state index contributed by atoms with van der Waals surface area (Å²) < 4.78 is 10.7. The first kappa shape index (κ1) is 19.5. The summed E-state index contributed by atoms with van der Waals surface area (Å²) in [5, 5.41) is 0.391. The number of ether oxygens (including phenoxy) is 2. The van der Waals surface area contributed by atoms with E-state index in [0.29, 0.717) is 23.1 Å². The lowest BCUT2D eigenvalue weighted by Crippen LogP contribution is -2.21. The van der Waals surface area contributed by atoms with Gasteiger partial charge >= 0.3 is 0 Å². The van der Waals surface area contributed by atoms with Crippen LogP contribution in [0.4, 0.5) is 0 Å². The minimum atomic E-state index is -0.569. The van der Waals surface area contributed by atoms with Crippen molar-refractivity contribution in [1.82, 2.24) is 9.88 Å². The first-order chi connectivity index (χ1) is 11.9. The van der Waals surface area contributed by atoms with Crippen molar-refractivity contribution in [2.24, 2.45) is 5.73 Å². The molecule has 0 atom stereocenters. The Kier molecular flexibility index (Phi) is 7.04. The Morgan fingerprint density at radius 1 is 1.44 bits per heavy atom. The summed E-state index contributed by atoms with van der Waals surface area (Å²) in [7, 11) is 3.58. The van der Waals surface area contributed by atoms with Gasteiger partial charge in [0.25, 0.3) is 5.91 Å². The molecule has 1 heterocycles. The fourth-order valence-electron chi connectivity index (χ4n) is 2.40. The van der Waals surface area contributed by atoms with Crippen LogP contribution in [0.2, 0.25) is 5.02 Å². The third kappa shape index (κ3) is 5.59. The highest BCUT2D eigenvalue weighted by molar-refractivity contribution is 7.09. The molecular weight excluding hydrogens is 362 g/mol. The number of hydrogen-bond donors (Lipinski definition) is 1. The predicted octanol–water partition coefficient (Wildman–Crippen LogP) is 2.65. The van der Waals surface area contributed by atoms with Crippen molar-refractivity contribution in [2.75, 3.05) is 27.3 Å². The zero-order chi connectivity index (χ0) is 18.4. The number of carbonyl (C=O) groups is 1. The molecule has 0 aliphatic carbocycles. The number of hydrogen-bond acceptors (Lipinski definition) is 6. The van der Waals surface area contributed by atoms with Crippen LogP contribution in [0.3, 0.4) is 0 Å². The molecule has 1 aromatic heterocycles. The number of methoxy groups -OCH3 is 1. The summed E-state index contributed by atoms with van der Waals surface area (Å²) in [6, 6.07) is 3.67. The number of halogens is 1. The largest absolute Gasteiger partial charge is 0.493 e. The summed E-state index contributed by atoms with van der Waals surface area (Å²) in [6.07, 6.45) is 0.956. The van der Waals surface area contributed by atoms with Crippen LogP contribution in [-0.4, -0.2) is 43.1 Å². The zero-order valence-electron chi connectivity index (χ0n) is 14.5. The lowest BCUT2D eigenvalue weighted by atomic mass is 10.2. The van der Waals surface area contributed by atoms with Gasteiger partial charge in [-0.3, -0.25) is 4.79 Å². The zero-order valence-corrected chi connectivity index (χ0v) is 16.1. The number of rotatable bonds is 9. The van der Waals surface area contributed by atoms with E-state index in [1.165, 1.54) is 12.0 Å². The maximum atomic E-state index is 10.9. The molecule has 1 aromatic carbocycles. The Labute approximate surface area is 156 Å². The van der Waals surface area contributed by atoms with Crippen LogP contribution >= 0.6 is 22.9 Å². The topological polar surface area (TPSA) is 77.7 Å². The lowest BCUT2D eigenvalue weighted by molar-refractivity contribution is -0.119. The quantitative estimate of drug-likeness (QED) is 0.720. The maximum absolute atomic E-state index is 10.9. The molecular formula is C17H22ClN3O3S. The third-order valence-corrected chi connectivity index (χ3v) is 4.94. The number of thiazole rings is 1. The molecule has 2 N–H and O–H groups in total. The van der Waals surface area contributed by atoms with Gasteiger partial charge in [-0.05, 0) is 38.1 Å². The van der Waals surface area contributed by atoms with Gasteiger partial charge in [-0.1, -0.05) is 11.6 Å². The summed E-state index contributed by atoms with van der Waals surface area (Å²) in [5.41, 5.74) is 9.07. The number of benzene rings is 1. The number of amides is 1. The van der Waals surface area contributed by atoms with Crippen molar-refractivity contribution in [3.05, 3.63) is 38.8 Å². The molecule has 0 aliphatic heterocycles. The fraction of sp³-hybridized carbons (Fsp3) is 0.412. The standard InChI is InChI=1S/C17H22ClN3O3S/c1-11-15(25-10-20-11)4-5-21(2)8-12-6-13(18)17(14(7-12)23-3)24-9-16(19)22/h6-7,10H,4-5,8-9H2,1-3H3,(H2,19,22). The SMILES string of the molecule is COc1cc(CN(C)CCc2scnc2C)cc(Cl)c1OCC(N)=O. The molecule has 1 amide bonds. The van der Waals surface area contributed by atoms with E-state index in [-0.39, 0.29) is 6.61 Å². The van der Waals surface area contributed by atoms with Gasteiger partial charge in [0, 0.05) is 18.0 Å². The van der Waals surface area contributed by atoms with Crippen LogP contribution < -0.4 is 15.2 Å². The number of primary amides is 1. The van der Waals surface area contributed by atoms with Gasteiger partial charge in [0.1, 0.15) is 0 Å². The second-order valence-electron chi connectivity index (χ2n) is 5.71. The van der Waals surface area contributed by atoms with E-state index in [1.807, 2.05) is 31.6 Å². The fourth-order valence-corrected chi connectivity index (χ4v) is 3.46. The highest BCUT2D eigenvalue weighted by Gasteiger charge is 2.14. The molecule has 2 rings (SSSR count). The molecule has 0 saturated carbocycles. The number of likely N-dealkylation sites (N-methyl/N-ethyl adjacent to an activating group) is 1. The predicted molar refractivity (Wildman–Crippen MR) is 99.6 cm³/mol. The van der Waals surface area contributed by atoms with Crippen LogP contribution in [0.15, 0.2) is 17.6 Å². The Morgan fingerprint density at radius 2 is 2.20 bits per heavy atom. The summed E-state index contributed by atoms with van der Waals surface area (Å²) in [5.74, 6) is 0.241. The first-order valence-corrected chi connectivity index (χ1v) is 9.01. The van der Waals surface area contributed by atoms with E-state index in [4.69, 9.17) is 26.8 Å². The van der Waals surface area contributed by atoms with Gasteiger partial charge in [0.2, 0.25) is 0 Å². The number of aryl methyl sites for hydroxylation is 1. The number of aromatic nitrogens is 1. The minimum Gasteiger partial charge on any atom is -0.493 e. The number of nitrogens with zero attached hydrogens (tertiary/aromatic N) is 2. The monoisotopic (exact) mass is 383 g/mol. The Morgan fingerprint density at radius 3 is 2.80 bits per heavy atom. The number of carbonyl (C=O) groups excluding carboxylic acids is 1. The van der Waals surface area contributed by atoms with Gasteiger partial charge in [-0.2, -0.15) is 0 Å².